The van der Waals surface area contributed by atoms with Gasteiger partial charge in [-0.2, -0.15) is 80.4 Å². The molecule has 8 heterocycles. The minimum absolute atomic E-state index is 0. The van der Waals surface area contributed by atoms with Gasteiger partial charge in [-0.3, -0.25) is 37.3 Å². The fraction of sp³-hybridized carbons (Fsp3) is 0.282. The van der Waals surface area contributed by atoms with Gasteiger partial charge in [-0.25, -0.2) is 15.0 Å². The van der Waals surface area contributed by atoms with Crippen molar-refractivity contribution < 1.29 is 70.2 Å². The number of halogens is 17. The van der Waals surface area contributed by atoms with Gasteiger partial charge in [0.15, 0.2) is 11.4 Å². The van der Waals surface area contributed by atoms with Gasteiger partial charge in [0.25, 0.3) is 11.1 Å². The van der Waals surface area contributed by atoms with Gasteiger partial charge in [0.05, 0.1) is 23.5 Å². The Bertz CT molecular complexity index is 3220. The molecule has 70 heavy (non-hydrogen) atoms. The molecule has 0 bridgehead atoms. The largest absolute Gasteiger partial charge is 0.455 e. The van der Waals surface area contributed by atoms with Crippen LogP contribution in [0.5, 0.6) is 0 Å². The zero-order chi connectivity index (χ0) is 51.2. The van der Waals surface area contributed by atoms with Crippen molar-refractivity contribution in [3.63, 3.8) is 0 Å². The Morgan fingerprint density at radius 3 is 1.49 bits per heavy atom. The van der Waals surface area contributed by atoms with Crippen LogP contribution >= 0.6 is 22.6 Å². The molecule has 8 rings (SSSR count). The Hall–Kier alpha value is -6.83. The predicted molar refractivity (Wildman–Crippen MR) is 222 cm³/mol. The van der Waals surface area contributed by atoms with Crippen molar-refractivity contribution in [3.05, 3.63) is 133 Å². The van der Waals surface area contributed by atoms with Crippen LogP contribution in [0.2, 0.25) is 0 Å². The number of imidazole rings is 2. The van der Waals surface area contributed by atoms with E-state index < -0.39 is 106 Å². The molecule has 0 saturated heterocycles. The molecular formula is C39H29F16IN12O2. The van der Waals surface area contributed by atoms with E-state index in [0.29, 0.717) is 36.2 Å². The predicted octanol–water partition coefficient (Wildman–Crippen LogP) is 10.0. The normalized spacial score (nSPS) is 12.6. The van der Waals surface area contributed by atoms with Crippen LogP contribution in [-0.4, -0.2) is 82.0 Å². The van der Waals surface area contributed by atoms with Crippen molar-refractivity contribution in [1.29, 1.82) is 0 Å². The van der Waals surface area contributed by atoms with Crippen LogP contribution in [0.1, 0.15) is 30.2 Å². The Labute approximate surface area is 393 Å². The molecule has 0 amide bonds. The van der Waals surface area contributed by atoms with E-state index in [4.69, 9.17) is 0 Å². The lowest BCUT2D eigenvalue weighted by Crippen LogP contribution is -2.40. The van der Waals surface area contributed by atoms with E-state index in [9.17, 15) is 79.8 Å². The standard InChI is InChI=1S/C19H12F8N6O.C14H9F8N5O.C5H4IN.CH4/c1-10-7-32-15(34)13(11-6-29-31(8-11)9-17(20,21)19(25,26)27)14(18(22,23)24)30-16(32)33(10)12-4-2-3-5-28-12;1-6-3-27-10(28)8(9(13(17,18)19)25-11(27)24-6)7-2-23-26(4-7)5-12(15,16)14(20,21)22;6-5-3-1-2-4-7-5;/h2-8H,9H2,1H3;2-4H,5H2,1H3,(H,24,25);1-4H;1H4. The first-order valence-electron chi connectivity index (χ1n) is 18.6. The molecule has 0 aliphatic rings. The third-order valence-electron chi connectivity index (χ3n) is 9.15. The van der Waals surface area contributed by atoms with Gasteiger partial charge in [-0.05, 0) is 60.7 Å². The van der Waals surface area contributed by atoms with E-state index in [2.05, 4.69) is 57.7 Å². The van der Waals surface area contributed by atoms with E-state index in [0.717, 1.165) is 18.7 Å². The van der Waals surface area contributed by atoms with Crippen LogP contribution in [0, 0.1) is 17.5 Å². The van der Waals surface area contributed by atoms with Crippen LogP contribution in [0.4, 0.5) is 70.2 Å². The lowest BCUT2D eigenvalue weighted by molar-refractivity contribution is -0.287. The Balaban J connectivity index is 0.000000229. The number of fused-ring (bicyclic) bond motifs is 2. The molecule has 0 saturated carbocycles. The van der Waals surface area contributed by atoms with Gasteiger partial charge in [0.1, 0.15) is 22.6 Å². The zero-order valence-corrected chi connectivity index (χ0v) is 36.3. The number of nitrogens with zero attached hydrogens (tertiary/aromatic N) is 11. The summed E-state index contributed by atoms with van der Waals surface area (Å²) in [5.41, 5.74) is -8.38. The molecule has 1 N–H and O–H groups in total. The molecule has 0 fully saturated rings. The average Bonchev–Trinajstić information content (AvgIpc) is 4.03. The Kier molecular flexibility index (Phi) is 15.1. The van der Waals surface area contributed by atoms with Gasteiger partial charge >= 0.3 is 36.6 Å². The molecule has 31 heteroatoms. The molecule has 14 nitrogen and oxygen atoms in total. The SMILES string of the molecule is C.Cc1cn2c(=O)c(-c3cnn(CC(F)(F)C(F)(F)F)c3)c(C(F)(F)F)nc2[nH]1.Cc1cn2c(=O)c(-c3cnn(CC(F)(F)C(F)(F)F)c3)c(C(F)(F)F)nc2n1-c1ccccn1.Ic1ccccn1. The van der Waals surface area contributed by atoms with E-state index in [1.54, 1.807) is 18.3 Å². The Morgan fingerprint density at radius 1 is 0.600 bits per heavy atom. The quantitative estimate of drug-likeness (QED) is 0.0942. The minimum atomic E-state index is -5.90. The number of aromatic nitrogens is 12. The van der Waals surface area contributed by atoms with Gasteiger partial charge in [-0.15, -0.1) is 0 Å². The third kappa shape index (κ3) is 11.4. The van der Waals surface area contributed by atoms with Gasteiger partial charge < -0.3 is 4.98 Å². The lowest BCUT2D eigenvalue weighted by Gasteiger charge is -2.19. The summed E-state index contributed by atoms with van der Waals surface area (Å²) < 4.78 is 213. The Morgan fingerprint density at radius 2 is 1.07 bits per heavy atom. The minimum Gasteiger partial charge on any atom is -0.328 e. The first kappa shape index (κ1) is 54.1. The second-order valence-electron chi connectivity index (χ2n) is 14.3. The number of pyridine rings is 2. The van der Waals surface area contributed by atoms with Crippen molar-refractivity contribution in [1.82, 2.24) is 57.8 Å². The molecule has 0 atom stereocenters. The lowest BCUT2D eigenvalue weighted by atomic mass is 10.1. The van der Waals surface area contributed by atoms with E-state index in [-0.39, 0.29) is 22.6 Å². The van der Waals surface area contributed by atoms with E-state index in [1.165, 1.54) is 36.9 Å². The summed E-state index contributed by atoms with van der Waals surface area (Å²) in [5.74, 6) is -11.0. The monoisotopic (exact) mass is 1130 g/mol. The fourth-order valence-electron chi connectivity index (χ4n) is 6.13. The average molecular weight is 1130 g/mol. The van der Waals surface area contributed by atoms with Crippen LogP contribution in [0.3, 0.4) is 0 Å². The molecule has 0 aliphatic carbocycles. The molecule has 8 aromatic heterocycles. The summed E-state index contributed by atoms with van der Waals surface area (Å²) in [5, 5.41) is 6.51. The first-order chi connectivity index (χ1) is 31.8. The molecule has 376 valence electrons. The van der Waals surface area contributed by atoms with Crippen LogP contribution < -0.4 is 11.1 Å². The number of hydrogen-bond donors (Lipinski definition) is 1. The summed E-state index contributed by atoms with van der Waals surface area (Å²) in [6.07, 6.45) is -14.3. The van der Waals surface area contributed by atoms with Gasteiger partial charge in [0.2, 0.25) is 11.6 Å². The zero-order valence-electron chi connectivity index (χ0n) is 34.2. The number of aromatic amines is 1. The summed E-state index contributed by atoms with van der Waals surface area (Å²) >= 11 is 2.17. The highest BCUT2D eigenvalue weighted by molar-refractivity contribution is 14.1. The number of nitrogens with one attached hydrogen (secondary N) is 1. The topological polar surface area (TPSA) is 151 Å². The fourth-order valence-corrected chi connectivity index (χ4v) is 6.50. The van der Waals surface area contributed by atoms with Gasteiger partial charge in [0, 0.05) is 59.7 Å². The summed E-state index contributed by atoms with van der Waals surface area (Å²) in [6.45, 7) is -0.993. The highest BCUT2D eigenvalue weighted by atomic mass is 127. The highest BCUT2D eigenvalue weighted by Crippen LogP contribution is 2.40. The molecule has 0 aliphatic heterocycles. The molecule has 8 aromatic rings. The second kappa shape index (κ2) is 19.5. The summed E-state index contributed by atoms with van der Waals surface area (Å²) in [7, 11) is 0. The maximum absolute atomic E-state index is 13.9. The van der Waals surface area contributed by atoms with E-state index in [1.807, 2.05) is 18.2 Å². The maximum atomic E-state index is 13.9. The number of alkyl halides is 16. The molecule has 0 spiro atoms. The highest BCUT2D eigenvalue weighted by Gasteiger charge is 2.58. The van der Waals surface area contributed by atoms with Crippen molar-refractivity contribution in [2.75, 3.05) is 0 Å². The number of rotatable bonds is 7. The van der Waals surface area contributed by atoms with Crippen LogP contribution in [0.15, 0.2) is 95.6 Å². The smallest absolute Gasteiger partial charge is 0.328 e. The molecule has 0 aromatic carbocycles. The van der Waals surface area contributed by atoms with Crippen molar-refractivity contribution in [2.24, 2.45) is 0 Å². The van der Waals surface area contributed by atoms with Crippen molar-refractivity contribution >= 4 is 34.1 Å². The second-order valence-corrected chi connectivity index (χ2v) is 15.4. The molecule has 0 unspecified atom stereocenters. The number of H-pyrrole nitrogens is 1. The first-order valence-corrected chi connectivity index (χ1v) is 19.7. The van der Waals surface area contributed by atoms with Gasteiger partial charge in [-0.1, -0.05) is 19.6 Å². The maximum Gasteiger partial charge on any atom is 0.455 e. The van der Waals surface area contributed by atoms with Crippen LogP contribution in [0.25, 0.3) is 39.6 Å². The van der Waals surface area contributed by atoms with E-state index >= 15 is 0 Å². The van der Waals surface area contributed by atoms with Crippen molar-refractivity contribution in [2.45, 2.75) is 70.9 Å². The summed E-state index contributed by atoms with van der Waals surface area (Å²) in [6, 6.07) is 10.5. The molecule has 0 radical (unpaired) electrons. The van der Waals surface area contributed by atoms with Crippen LogP contribution in [-0.2, 0) is 25.4 Å². The third-order valence-corrected chi connectivity index (χ3v) is 9.79. The number of aryl methyl sites for hydroxylation is 2. The number of hydrogen-bond acceptors (Lipinski definition) is 8. The van der Waals surface area contributed by atoms with Crippen molar-refractivity contribution in [3.8, 4) is 28.1 Å². The summed E-state index contributed by atoms with van der Waals surface area (Å²) in [4.78, 5) is 43.0. The molecular weight excluding hydrogens is 1100 g/mol.